The molecule has 0 aliphatic heterocycles. The lowest BCUT2D eigenvalue weighted by Crippen LogP contribution is -2.47. The van der Waals surface area contributed by atoms with Crippen molar-refractivity contribution >= 4 is 12.2 Å². The van der Waals surface area contributed by atoms with Gasteiger partial charge in [0.15, 0.2) is 0 Å². The van der Waals surface area contributed by atoms with Crippen molar-refractivity contribution in [2.24, 2.45) is 0 Å². The average Bonchev–Trinajstić information content (AvgIpc) is 2.75. The molecule has 0 aliphatic rings. The molecule has 0 aromatic heterocycles. The number of nitrogens with zero attached hydrogens (tertiary/aromatic N) is 1. The summed E-state index contributed by atoms with van der Waals surface area (Å²) in [6.07, 6.45) is 1.77. The highest BCUT2D eigenvalue weighted by molar-refractivity contribution is 5.69. The molecule has 0 radical (unpaired) electrons. The number of benzene rings is 2. The van der Waals surface area contributed by atoms with Crippen molar-refractivity contribution in [3.63, 3.8) is 0 Å². The summed E-state index contributed by atoms with van der Waals surface area (Å²) < 4.78 is 11.0. The van der Waals surface area contributed by atoms with E-state index < -0.39 is 17.8 Å². The maximum Gasteiger partial charge on any atom is 0.410 e. The quantitative estimate of drug-likeness (QED) is 0.499. The van der Waals surface area contributed by atoms with E-state index in [1.807, 2.05) is 81.4 Å². The van der Waals surface area contributed by atoms with Crippen molar-refractivity contribution < 1.29 is 19.1 Å². The lowest BCUT2D eigenvalue weighted by Gasteiger charge is -2.29. The van der Waals surface area contributed by atoms with Gasteiger partial charge >= 0.3 is 12.2 Å². The number of alkyl carbamates (subject to hydrolysis) is 1. The summed E-state index contributed by atoms with van der Waals surface area (Å²) in [6.45, 7) is 8.52. The highest BCUT2D eigenvalue weighted by atomic mass is 16.6. The van der Waals surface area contributed by atoms with Crippen LogP contribution in [0, 0.1) is 0 Å². The largest absolute Gasteiger partial charge is 0.445 e. The van der Waals surface area contributed by atoms with Gasteiger partial charge in [-0.15, -0.1) is 0 Å². The lowest BCUT2D eigenvalue weighted by atomic mass is 10.1. The monoisotopic (exact) mass is 440 g/mol. The first kappa shape index (κ1) is 25.2. The zero-order valence-electron chi connectivity index (χ0n) is 19.7. The first-order valence-corrected chi connectivity index (χ1v) is 11.3. The van der Waals surface area contributed by atoms with E-state index >= 15 is 0 Å². The molecule has 0 saturated carbocycles. The van der Waals surface area contributed by atoms with E-state index in [1.165, 1.54) is 0 Å². The smallest absolute Gasteiger partial charge is 0.410 e. The molecule has 6 heteroatoms. The van der Waals surface area contributed by atoms with Gasteiger partial charge in [0.25, 0.3) is 0 Å². The van der Waals surface area contributed by atoms with Crippen molar-refractivity contribution in [1.29, 1.82) is 0 Å². The Balaban J connectivity index is 2.11. The summed E-state index contributed by atoms with van der Waals surface area (Å²) in [4.78, 5) is 27.0. The molecule has 0 fully saturated rings. The topological polar surface area (TPSA) is 67.9 Å². The van der Waals surface area contributed by atoms with Crippen LogP contribution in [-0.4, -0.2) is 35.3 Å². The Kier molecular flexibility index (Phi) is 10.1. The van der Waals surface area contributed by atoms with E-state index in [-0.39, 0.29) is 12.6 Å². The molecule has 2 rings (SSSR count). The molecule has 174 valence electrons. The highest BCUT2D eigenvalue weighted by Crippen LogP contribution is 2.13. The number of hydrogen-bond donors (Lipinski definition) is 1. The van der Waals surface area contributed by atoms with Gasteiger partial charge in [0, 0.05) is 19.1 Å². The molecule has 0 aliphatic carbocycles. The van der Waals surface area contributed by atoms with Gasteiger partial charge in [-0.25, -0.2) is 9.59 Å². The second kappa shape index (κ2) is 12.7. The minimum absolute atomic E-state index is 0.198. The normalized spacial score (nSPS) is 12.0. The van der Waals surface area contributed by atoms with Gasteiger partial charge in [-0.3, -0.25) is 0 Å². The van der Waals surface area contributed by atoms with Crippen molar-refractivity contribution in [3.05, 3.63) is 71.8 Å². The highest BCUT2D eigenvalue weighted by Gasteiger charge is 2.24. The molecule has 1 N–H and O–H groups in total. The Bertz CT molecular complexity index is 819. The van der Waals surface area contributed by atoms with E-state index in [0.717, 1.165) is 30.4 Å². The summed E-state index contributed by atoms with van der Waals surface area (Å²) >= 11 is 0. The van der Waals surface area contributed by atoms with Gasteiger partial charge in [0.05, 0.1) is 0 Å². The summed E-state index contributed by atoms with van der Waals surface area (Å²) in [7, 11) is 0. The molecule has 6 nitrogen and oxygen atoms in total. The van der Waals surface area contributed by atoms with Gasteiger partial charge in [-0.05, 0) is 38.3 Å². The molecule has 32 heavy (non-hydrogen) atoms. The molecule has 0 saturated heterocycles. The minimum Gasteiger partial charge on any atom is -0.445 e. The van der Waals surface area contributed by atoms with Crippen LogP contribution in [0.2, 0.25) is 0 Å². The second-order valence-electron chi connectivity index (χ2n) is 8.89. The second-order valence-corrected chi connectivity index (χ2v) is 8.89. The SMILES string of the molecule is CCCCC(CN(Cc1ccccc1)C(=O)OCc1ccccc1)NC(=O)OC(C)(C)C. The first-order valence-electron chi connectivity index (χ1n) is 11.3. The molecule has 0 bridgehead atoms. The summed E-state index contributed by atoms with van der Waals surface area (Å²) in [5, 5.41) is 2.94. The number of ether oxygens (including phenoxy) is 2. The van der Waals surface area contributed by atoms with Crippen molar-refractivity contribution in [2.45, 2.75) is 71.8 Å². The third-order valence-electron chi connectivity index (χ3n) is 4.75. The summed E-state index contributed by atoms with van der Waals surface area (Å²) in [5.41, 5.74) is 1.34. The van der Waals surface area contributed by atoms with E-state index in [1.54, 1.807) is 4.90 Å². The summed E-state index contributed by atoms with van der Waals surface area (Å²) in [5.74, 6) is 0. The maximum absolute atomic E-state index is 13.0. The number of carbonyl (C=O) groups is 2. The number of hydrogen-bond acceptors (Lipinski definition) is 4. The van der Waals surface area contributed by atoms with Gasteiger partial charge in [-0.1, -0.05) is 80.4 Å². The van der Waals surface area contributed by atoms with Crippen LogP contribution in [0.4, 0.5) is 9.59 Å². The molecule has 1 atom stereocenters. The zero-order chi connectivity index (χ0) is 23.4. The van der Waals surface area contributed by atoms with Crippen molar-refractivity contribution in [1.82, 2.24) is 10.2 Å². The Hall–Kier alpha value is -3.02. The molecule has 1 unspecified atom stereocenters. The third-order valence-corrected chi connectivity index (χ3v) is 4.75. The first-order chi connectivity index (χ1) is 15.3. The van der Waals surface area contributed by atoms with E-state index in [2.05, 4.69) is 12.2 Å². The summed E-state index contributed by atoms with van der Waals surface area (Å²) in [6, 6.07) is 19.1. The number of amides is 2. The fraction of sp³-hybridized carbons (Fsp3) is 0.462. The average molecular weight is 441 g/mol. The van der Waals surface area contributed by atoms with Crippen molar-refractivity contribution in [3.8, 4) is 0 Å². The van der Waals surface area contributed by atoms with Gasteiger partial charge in [0.1, 0.15) is 12.2 Å². The zero-order valence-corrected chi connectivity index (χ0v) is 19.7. The standard InChI is InChI=1S/C26H36N2O4/c1-5-6-17-23(27-24(29)32-26(2,3)4)19-28(18-21-13-9-7-10-14-21)25(30)31-20-22-15-11-8-12-16-22/h7-16,23H,5-6,17-20H2,1-4H3,(H,27,29). The van der Waals surface area contributed by atoms with Gasteiger partial charge < -0.3 is 19.7 Å². The molecular weight excluding hydrogens is 404 g/mol. The predicted molar refractivity (Wildman–Crippen MR) is 126 cm³/mol. The fourth-order valence-corrected chi connectivity index (χ4v) is 3.22. The van der Waals surface area contributed by atoms with Crippen LogP contribution < -0.4 is 5.32 Å². The van der Waals surface area contributed by atoms with Crippen LogP contribution in [0.5, 0.6) is 0 Å². The van der Waals surface area contributed by atoms with E-state index in [0.29, 0.717) is 13.1 Å². The van der Waals surface area contributed by atoms with Crippen LogP contribution >= 0.6 is 0 Å². The third kappa shape index (κ3) is 9.86. The molecular formula is C26H36N2O4. The lowest BCUT2D eigenvalue weighted by molar-refractivity contribution is 0.0472. The van der Waals surface area contributed by atoms with Crippen LogP contribution in [0.25, 0.3) is 0 Å². The van der Waals surface area contributed by atoms with Crippen molar-refractivity contribution in [2.75, 3.05) is 6.54 Å². The maximum atomic E-state index is 13.0. The van der Waals surface area contributed by atoms with Crippen LogP contribution in [-0.2, 0) is 22.6 Å². The number of nitrogens with one attached hydrogen (secondary N) is 1. The Morgan fingerprint density at radius 2 is 1.56 bits per heavy atom. The van der Waals surface area contributed by atoms with Gasteiger partial charge in [0.2, 0.25) is 0 Å². The van der Waals surface area contributed by atoms with Crippen LogP contribution in [0.3, 0.4) is 0 Å². The minimum atomic E-state index is -0.586. The fourth-order valence-electron chi connectivity index (χ4n) is 3.22. The molecule has 0 heterocycles. The molecule has 2 aromatic rings. The van der Waals surface area contributed by atoms with Crippen LogP contribution in [0.15, 0.2) is 60.7 Å². The van der Waals surface area contributed by atoms with Gasteiger partial charge in [-0.2, -0.15) is 0 Å². The van der Waals surface area contributed by atoms with Crippen LogP contribution in [0.1, 0.15) is 58.1 Å². The predicted octanol–water partition coefficient (Wildman–Crippen LogP) is 5.91. The number of unbranched alkanes of at least 4 members (excludes halogenated alkanes) is 1. The molecule has 0 spiro atoms. The number of rotatable bonds is 10. The Morgan fingerprint density at radius 1 is 0.969 bits per heavy atom. The van der Waals surface area contributed by atoms with E-state index in [9.17, 15) is 9.59 Å². The molecule has 2 amide bonds. The Morgan fingerprint density at radius 3 is 2.12 bits per heavy atom. The number of carbonyl (C=O) groups excluding carboxylic acids is 2. The van der Waals surface area contributed by atoms with E-state index in [4.69, 9.17) is 9.47 Å². The Labute approximate surface area is 191 Å². The molecule has 2 aromatic carbocycles.